The number of ether oxygens (including phenoxy) is 2. The van der Waals surface area contributed by atoms with Gasteiger partial charge in [0.2, 0.25) is 0 Å². The predicted octanol–water partition coefficient (Wildman–Crippen LogP) is 3.92. The van der Waals surface area contributed by atoms with E-state index in [9.17, 15) is 4.79 Å². The molecule has 0 saturated carbocycles. The molecule has 1 aromatic carbocycles. The maximum Gasteiger partial charge on any atom is 0.311 e. The van der Waals surface area contributed by atoms with Crippen molar-refractivity contribution < 1.29 is 14.3 Å². The quantitative estimate of drug-likeness (QED) is 0.648. The number of rotatable bonds is 2. The Morgan fingerprint density at radius 2 is 2.26 bits per heavy atom. The summed E-state index contributed by atoms with van der Waals surface area (Å²) in [7, 11) is 0. The molecule has 0 spiro atoms. The number of nitrogens with zero attached hydrogens (tertiary/aromatic N) is 1. The Labute approximate surface area is 152 Å². The van der Waals surface area contributed by atoms with Gasteiger partial charge in [-0.1, -0.05) is 15.9 Å². The molecule has 4 rings (SSSR count). The van der Waals surface area contributed by atoms with E-state index in [0.717, 1.165) is 34.1 Å². The molecule has 0 aromatic heterocycles. The number of benzene rings is 1. The molecule has 3 aliphatic rings. The van der Waals surface area contributed by atoms with Crippen LogP contribution < -0.4 is 4.74 Å². The number of fused-ring (bicyclic) bond motifs is 5. The zero-order valence-electron chi connectivity index (χ0n) is 12.9. The Hall–Kier alpha value is -0.590. The van der Waals surface area contributed by atoms with Gasteiger partial charge in [0.25, 0.3) is 0 Å². The van der Waals surface area contributed by atoms with Crippen molar-refractivity contribution in [1.29, 1.82) is 0 Å². The number of hydrogen-bond donors (Lipinski definition) is 0. The van der Waals surface area contributed by atoms with E-state index in [2.05, 4.69) is 42.8 Å². The minimum Gasteiger partial charge on any atom is -0.492 e. The molecule has 4 nitrogen and oxygen atoms in total. The van der Waals surface area contributed by atoms with Gasteiger partial charge in [0.1, 0.15) is 5.75 Å². The van der Waals surface area contributed by atoms with Gasteiger partial charge in [-0.2, -0.15) is 0 Å². The van der Waals surface area contributed by atoms with E-state index >= 15 is 0 Å². The van der Waals surface area contributed by atoms with E-state index in [1.807, 2.05) is 13.0 Å². The van der Waals surface area contributed by atoms with Gasteiger partial charge in [-0.25, -0.2) is 0 Å². The zero-order chi connectivity index (χ0) is 16.1. The summed E-state index contributed by atoms with van der Waals surface area (Å²) in [6.45, 7) is 3.94. The number of hydrogen-bond acceptors (Lipinski definition) is 4. The second kappa shape index (κ2) is 6.05. The highest BCUT2D eigenvalue weighted by atomic mass is 79.9. The smallest absolute Gasteiger partial charge is 0.311 e. The highest BCUT2D eigenvalue weighted by Gasteiger charge is 2.56. The second-order valence-corrected chi connectivity index (χ2v) is 8.22. The van der Waals surface area contributed by atoms with Crippen molar-refractivity contribution in [3.05, 3.63) is 26.6 Å². The minimum atomic E-state index is -0.0756. The van der Waals surface area contributed by atoms with Crippen LogP contribution in [-0.2, 0) is 9.53 Å². The van der Waals surface area contributed by atoms with E-state index in [1.54, 1.807) is 0 Å². The first-order valence-corrected chi connectivity index (χ1v) is 9.74. The van der Waals surface area contributed by atoms with Crippen molar-refractivity contribution in [3.63, 3.8) is 0 Å². The summed E-state index contributed by atoms with van der Waals surface area (Å²) in [6.07, 6.45) is 2.22. The lowest BCUT2D eigenvalue weighted by atomic mass is 9.82. The molecule has 3 heterocycles. The fraction of sp³-hybridized carbons (Fsp3) is 0.588. The van der Waals surface area contributed by atoms with Crippen LogP contribution in [0.3, 0.4) is 0 Å². The van der Waals surface area contributed by atoms with E-state index in [-0.39, 0.29) is 29.9 Å². The largest absolute Gasteiger partial charge is 0.492 e. The van der Waals surface area contributed by atoms with Crippen LogP contribution in [0.2, 0.25) is 0 Å². The molecule has 0 amide bonds. The van der Waals surface area contributed by atoms with Crippen LogP contribution >= 0.6 is 31.9 Å². The van der Waals surface area contributed by atoms with Crippen molar-refractivity contribution >= 4 is 37.8 Å². The average Bonchev–Trinajstić information content (AvgIpc) is 3.06. The van der Waals surface area contributed by atoms with Crippen LogP contribution in [0, 0.1) is 11.8 Å². The number of esters is 1. The van der Waals surface area contributed by atoms with E-state index < -0.39 is 0 Å². The lowest BCUT2D eigenvalue weighted by Gasteiger charge is -2.34. The molecule has 0 N–H and O–H groups in total. The Bertz CT molecular complexity index is 651. The van der Waals surface area contributed by atoms with Crippen molar-refractivity contribution in [2.75, 3.05) is 19.8 Å². The monoisotopic (exact) mass is 443 g/mol. The van der Waals surface area contributed by atoms with Gasteiger partial charge in [-0.3, -0.25) is 9.69 Å². The normalized spacial score (nSPS) is 32.0. The summed E-state index contributed by atoms with van der Waals surface area (Å²) >= 11 is 7.19. The van der Waals surface area contributed by atoms with E-state index in [4.69, 9.17) is 9.47 Å². The Morgan fingerprint density at radius 1 is 1.43 bits per heavy atom. The number of carbonyl (C=O) groups is 1. The number of halogens is 2. The van der Waals surface area contributed by atoms with Crippen LogP contribution in [0.1, 0.15) is 31.4 Å². The summed E-state index contributed by atoms with van der Waals surface area (Å²) < 4.78 is 13.4. The van der Waals surface area contributed by atoms with Crippen LogP contribution in [0.5, 0.6) is 5.75 Å². The Balaban J connectivity index is 1.77. The van der Waals surface area contributed by atoms with Crippen molar-refractivity contribution in [2.45, 2.75) is 31.8 Å². The molecule has 2 saturated heterocycles. The van der Waals surface area contributed by atoms with Gasteiger partial charge < -0.3 is 9.47 Å². The second-order valence-electron chi connectivity index (χ2n) is 6.45. The van der Waals surface area contributed by atoms with Gasteiger partial charge in [0, 0.05) is 28.0 Å². The maximum atomic E-state index is 12.6. The average molecular weight is 445 g/mol. The molecule has 0 bridgehead atoms. The third-order valence-corrected chi connectivity index (χ3v) is 6.36. The Kier molecular flexibility index (Phi) is 4.18. The fourth-order valence-electron chi connectivity index (χ4n) is 4.58. The first kappa shape index (κ1) is 15.9. The molecule has 23 heavy (non-hydrogen) atoms. The molecule has 4 atom stereocenters. The minimum absolute atomic E-state index is 0.0574. The topological polar surface area (TPSA) is 38.8 Å². The third-order valence-electron chi connectivity index (χ3n) is 5.32. The van der Waals surface area contributed by atoms with Crippen molar-refractivity contribution in [1.82, 2.24) is 4.90 Å². The number of carbonyl (C=O) groups excluding carboxylic acids is 1. The molecule has 0 unspecified atom stereocenters. The van der Waals surface area contributed by atoms with Gasteiger partial charge in [0.05, 0.1) is 23.6 Å². The maximum absolute atomic E-state index is 12.6. The SMILES string of the molecule is CCOC(=O)[C@H]1[C@@H]2COc3c(Br)cc(Br)cc3[C@@H]2N2CCC[C@@H]12. The first-order chi connectivity index (χ1) is 11.1. The van der Waals surface area contributed by atoms with Gasteiger partial charge in [-0.05, 0) is 54.4 Å². The lowest BCUT2D eigenvalue weighted by Crippen LogP contribution is -2.35. The summed E-state index contributed by atoms with van der Waals surface area (Å²) in [4.78, 5) is 15.1. The molecular weight excluding hydrogens is 426 g/mol. The standard InChI is InChI=1S/C17H19Br2NO3/c1-2-22-17(21)14-11-8-23-16-10(6-9(18)7-12(16)19)15(11)20-5-3-4-13(14)20/h6-7,11,13-15H,2-5,8H2,1H3/t11-,13-,14-,15-/m0/s1. The van der Waals surface area contributed by atoms with Gasteiger partial charge in [0.15, 0.2) is 0 Å². The first-order valence-electron chi connectivity index (χ1n) is 8.16. The molecular formula is C17H19Br2NO3. The molecule has 3 aliphatic heterocycles. The zero-order valence-corrected chi connectivity index (χ0v) is 16.1. The summed E-state index contributed by atoms with van der Waals surface area (Å²) in [6, 6.07) is 4.68. The highest BCUT2D eigenvalue weighted by molar-refractivity contribution is 9.11. The Morgan fingerprint density at radius 3 is 3.04 bits per heavy atom. The predicted molar refractivity (Wildman–Crippen MR) is 93.4 cm³/mol. The summed E-state index contributed by atoms with van der Waals surface area (Å²) in [5.41, 5.74) is 1.18. The molecule has 6 heteroatoms. The molecule has 0 radical (unpaired) electrons. The fourth-order valence-corrected chi connectivity index (χ4v) is 5.95. The lowest BCUT2D eigenvalue weighted by molar-refractivity contribution is -0.150. The summed E-state index contributed by atoms with van der Waals surface area (Å²) in [5, 5.41) is 0. The molecule has 124 valence electrons. The summed E-state index contributed by atoms with van der Waals surface area (Å²) in [5.74, 6) is 0.962. The highest BCUT2D eigenvalue weighted by Crippen LogP contribution is 2.55. The van der Waals surface area contributed by atoms with E-state index in [1.165, 1.54) is 5.56 Å². The van der Waals surface area contributed by atoms with E-state index in [0.29, 0.717) is 13.2 Å². The van der Waals surface area contributed by atoms with Crippen LogP contribution in [-0.4, -0.2) is 36.7 Å². The van der Waals surface area contributed by atoms with Gasteiger partial charge in [-0.15, -0.1) is 0 Å². The molecule has 2 fully saturated rings. The van der Waals surface area contributed by atoms with Crippen LogP contribution in [0.4, 0.5) is 0 Å². The van der Waals surface area contributed by atoms with Gasteiger partial charge >= 0.3 is 5.97 Å². The van der Waals surface area contributed by atoms with Crippen LogP contribution in [0.15, 0.2) is 21.1 Å². The third kappa shape index (κ3) is 2.45. The molecule has 1 aromatic rings. The van der Waals surface area contributed by atoms with Crippen LogP contribution in [0.25, 0.3) is 0 Å². The molecule has 0 aliphatic carbocycles. The van der Waals surface area contributed by atoms with Crippen molar-refractivity contribution in [2.24, 2.45) is 11.8 Å². The van der Waals surface area contributed by atoms with Crippen molar-refractivity contribution in [3.8, 4) is 5.75 Å².